The Kier molecular flexibility index (Phi) is 2.96. The lowest BCUT2D eigenvalue weighted by Gasteiger charge is -2.11. The molecule has 0 fully saturated rings. The van der Waals surface area contributed by atoms with E-state index in [9.17, 15) is 0 Å². The van der Waals surface area contributed by atoms with E-state index in [1.165, 1.54) is 16.8 Å². The van der Waals surface area contributed by atoms with Crippen molar-refractivity contribution in [2.75, 3.05) is 18.5 Å². The summed E-state index contributed by atoms with van der Waals surface area (Å²) in [5, 5.41) is 12.4. The Labute approximate surface area is 91.3 Å². The van der Waals surface area contributed by atoms with Crippen LogP contribution in [0.15, 0.2) is 18.2 Å². The van der Waals surface area contributed by atoms with Gasteiger partial charge < -0.3 is 10.4 Å². The van der Waals surface area contributed by atoms with Gasteiger partial charge in [0.05, 0.1) is 0 Å². The highest BCUT2D eigenvalue weighted by Crippen LogP contribution is 2.35. The average molecular weight is 205 g/mol. The van der Waals surface area contributed by atoms with Gasteiger partial charge in [0.2, 0.25) is 0 Å². The summed E-state index contributed by atoms with van der Waals surface area (Å²) in [7, 11) is 0. The van der Waals surface area contributed by atoms with Crippen LogP contribution in [0.2, 0.25) is 0 Å². The molecule has 1 aliphatic heterocycles. The summed E-state index contributed by atoms with van der Waals surface area (Å²) in [5.41, 5.74) is 4.02. The molecule has 0 radical (unpaired) electrons. The Morgan fingerprint density at radius 3 is 2.93 bits per heavy atom. The minimum atomic E-state index is 0.275. The maximum Gasteiger partial charge on any atom is 0.0437 e. The Hall–Kier alpha value is -1.02. The lowest BCUT2D eigenvalue weighted by Crippen LogP contribution is -2.03. The molecule has 1 atom stereocenters. The summed E-state index contributed by atoms with van der Waals surface area (Å²) < 4.78 is 0. The van der Waals surface area contributed by atoms with E-state index in [0.717, 1.165) is 13.0 Å². The quantitative estimate of drug-likeness (QED) is 0.795. The first-order valence-corrected chi connectivity index (χ1v) is 5.71. The van der Waals surface area contributed by atoms with Crippen LogP contribution in [0.4, 0.5) is 5.69 Å². The Morgan fingerprint density at radius 1 is 1.47 bits per heavy atom. The molecule has 82 valence electrons. The Bertz CT molecular complexity index is 344. The molecule has 2 heteroatoms. The SMILES string of the molecule is CC(C)c1ccc2c(c1)C(CCO)CN2. The molecule has 1 aromatic rings. The van der Waals surface area contributed by atoms with E-state index in [2.05, 4.69) is 37.4 Å². The first kappa shape index (κ1) is 10.5. The van der Waals surface area contributed by atoms with E-state index in [0.29, 0.717) is 11.8 Å². The highest BCUT2D eigenvalue weighted by molar-refractivity contribution is 5.59. The normalized spacial score (nSPS) is 19.1. The molecule has 0 aliphatic carbocycles. The van der Waals surface area contributed by atoms with Crippen molar-refractivity contribution in [1.29, 1.82) is 0 Å². The second-order valence-electron chi connectivity index (χ2n) is 4.59. The van der Waals surface area contributed by atoms with E-state index in [1.54, 1.807) is 0 Å². The number of fused-ring (bicyclic) bond motifs is 1. The number of aliphatic hydroxyl groups excluding tert-OH is 1. The predicted octanol–water partition coefficient (Wildman–Crippen LogP) is 2.70. The molecule has 15 heavy (non-hydrogen) atoms. The van der Waals surface area contributed by atoms with Crippen LogP contribution in [0.25, 0.3) is 0 Å². The summed E-state index contributed by atoms with van der Waals surface area (Å²) in [6.07, 6.45) is 0.863. The summed E-state index contributed by atoms with van der Waals surface area (Å²) >= 11 is 0. The molecule has 0 saturated heterocycles. The molecule has 2 nitrogen and oxygen atoms in total. The highest BCUT2D eigenvalue weighted by atomic mass is 16.3. The van der Waals surface area contributed by atoms with Crippen molar-refractivity contribution in [1.82, 2.24) is 0 Å². The van der Waals surface area contributed by atoms with Crippen molar-refractivity contribution in [3.8, 4) is 0 Å². The van der Waals surface area contributed by atoms with Crippen LogP contribution in [-0.2, 0) is 0 Å². The first-order chi connectivity index (χ1) is 7.22. The molecule has 2 rings (SSSR count). The monoisotopic (exact) mass is 205 g/mol. The van der Waals surface area contributed by atoms with Crippen LogP contribution in [0.3, 0.4) is 0 Å². The van der Waals surface area contributed by atoms with Gasteiger partial charge in [-0.25, -0.2) is 0 Å². The lowest BCUT2D eigenvalue weighted by molar-refractivity contribution is 0.278. The molecule has 2 N–H and O–H groups in total. The fourth-order valence-corrected chi connectivity index (χ4v) is 2.20. The second kappa shape index (κ2) is 4.23. The van der Waals surface area contributed by atoms with Crippen LogP contribution in [0.5, 0.6) is 0 Å². The van der Waals surface area contributed by atoms with E-state index >= 15 is 0 Å². The average Bonchev–Trinajstić information content (AvgIpc) is 2.61. The third-order valence-electron chi connectivity index (χ3n) is 3.20. The van der Waals surface area contributed by atoms with Gasteiger partial charge in [-0.2, -0.15) is 0 Å². The summed E-state index contributed by atoms with van der Waals surface area (Å²) in [4.78, 5) is 0. The second-order valence-corrected chi connectivity index (χ2v) is 4.59. The maximum atomic E-state index is 9.00. The summed E-state index contributed by atoms with van der Waals surface area (Å²) in [6.45, 7) is 5.67. The number of aliphatic hydroxyl groups is 1. The lowest BCUT2D eigenvalue weighted by atomic mass is 9.93. The van der Waals surface area contributed by atoms with Crippen molar-refractivity contribution in [3.63, 3.8) is 0 Å². The van der Waals surface area contributed by atoms with Gasteiger partial charge >= 0.3 is 0 Å². The van der Waals surface area contributed by atoms with Gasteiger partial charge in [-0.05, 0) is 29.5 Å². The molecule has 1 unspecified atom stereocenters. The minimum absolute atomic E-state index is 0.275. The third-order valence-corrected chi connectivity index (χ3v) is 3.20. The van der Waals surface area contributed by atoms with Crippen LogP contribution in [0, 0.1) is 0 Å². The highest BCUT2D eigenvalue weighted by Gasteiger charge is 2.21. The predicted molar refractivity (Wildman–Crippen MR) is 63.5 cm³/mol. The third kappa shape index (κ3) is 2.00. The van der Waals surface area contributed by atoms with Crippen molar-refractivity contribution < 1.29 is 5.11 Å². The maximum absolute atomic E-state index is 9.00. The summed E-state index contributed by atoms with van der Waals surface area (Å²) in [6, 6.07) is 6.65. The van der Waals surface area contributed by atoms with Crippen molar-refractivity contribution in [3.05, 3.63) is 29.3 Å². The standard InChI is InChI=1S/C13H19NO/c1-9(2)10-3-4-13-12(7-10)11(5-6-15)8-14-13/h3-4,7,9,11,14-15H,5-6,8H2,1-2H3. The van der Waals surface area contributed by atoms with Gasteiger partial charge in [0, 0.05) is 24.8 Å². The molecule has 1 aromatic carbocycles. The van der Waals surface area contributed by atoms with Crippen molar-refractivity contribution >= 4 is 5.69 Å². The number of hydrogen-bond donors (Lipinski definition) is 2. The van der Waals surface area contributed by atoms with Crippen LogP contribution in [-0.4, -0.2) is 18.3 Å². The molecular formula is C13H19NO. The van der Waals surface area contributed by atoms with Gasteiger partial charge in [0.15, 0.2) is 0 Å². The van der Waals surface area contributed by atoms with Gasteiger partial charge in [0.1, 0.15) is 0 Å². The van der Waals surface area contributed by atoms with Gasteiger partial charge in [-0.3, -0.25) is 0 Å². The molecular weight excluding hydrogens is 186 g/mol. The number of anilines is 1. The molecule has 0 bridgehead atoms. The van der Waals surface area contributed by atoms with Crippen LogP contribution >= 0.6 is 0 Å². The van der Waals surface area contributed by atoms with Crippen LogP contribution < -0.4 is 5.32 Å². The largest absolute Gasteiger partial charge is 0.396 e. The van der Waals surface area contributed by atoms with Crippen molar-refractivity contribution in [2.24, 2.45) is 0 Å². The van der Waals surface area contributed by atoms with E-state index in [1.807, 2.05) is 0 Å². The van der Waals surface area contributed by atoms with E-state index in [-0.39, 0.29) is 6.61 Å². The molecule has 0 amide bonds. The van der Waals surface area contributed by atoms with Gasteiger partial charge in [-0.1, -0.05) is 26.0 Å². The van der Waals surface area contributed by atoms with Crippen LogP contribution in [0.1, 0.15) is 43.2 Å². The zero-order chi connectivity index (χ0) is 10.8. The Morgan fingerprint density at radius 2 is 2.27 bits per heavy atom. The number of hydrogen-bond acceptors (Lipinski definition) is 2. The van der Waals surface area contributed by atoms with Crippen molar-refractivity contribution in [2.45, 2.75) is 32.1 Å². The van der Waals surface area contributed by atoms with Gasteiger partial charge in [-0.15, -0.1) is 0 Å². The molecule has 0 saturated carbocycles. The summed E-state index contributed by atoms with van der Waals surface area (Å²) in [5.74, 6) is 1.06. The fourth-order valence-electron chi connectivity index (χ4n) is 2.20. The Balaban J connectivity index is 2.29. The van der Waals surface area contributed by atoms with E-state index in [4.69, 9.17) is 5.11 Å². The molecule has 0 aromatic heterocycles. The fraction of sp³-hybridized carbons (Fsp3) is 0.538. The molecule has 0 spiro atoms. The zero-order valence-electron chi connectivity index (χ0n) is 9.46. The first-order valence-electron chi connectivity index (χ1n) is 5.71. The molecule has 1 aliphatic rings. The number of benzene rings is 1. The smallest absolute Gasteiger partial charge is 0.0437 e. The number of rotatable bonds is 3. The molecule has 1 heterocycles. The minimum Gasteiger partial charge on any atom is -0.396 e. The van der Waals surface area contributed by atoms with Gasteiger partial charge in [0.25, 0.3) is 0 Å². The van der Waals surface area contributed by atoms with E-state index < -0.39 is 0 Å². The number of nitrogens with one attached hydrogen (secondary N) is 1. The topological polar surface area (TPSA) is 32.3 Å². The zero-order valence-corrected chi connectivity index (χ0v) is 9.46.